The van der Waals surface area contributed by atoms with Gasteiger partial charge < -0.3 is 4.74 Å². The summed E-state index contributed by atoms with van der Waals surface area (Å²) in [6, 6.07) is 14.1. The first-order valence-corrected chi connectivity index (χ1v) is 6.68. The van der Waals surface area contributed by atoms with Gasteiger partial charge in [-0.25, -0.2) is 4.79 Å². The van der Waals surface area contributed by atoms with E-state index in [2.05, 4.69) is 15.9 Å². The third kappa shape index (κ3) is 3.90. The van der Waals surface area contributed by atoms with Crippen molar-refractivity contribution in [3.63, 3.8) is 0 Å². The highest BCUT2D eigenvalue weighted by molar-refractivity contribution is 9.10. The van der Waals surface area contributed by atoms with Crippen molar-refractivity contribution in [1.29, 1.82) is 0 Å². The van der Waals surface area contributed by atoms with Crippen molar-refractivity contribution in [2.45, 2.75) is 0 Å². The zero-order valence-electron chi connectivity index (χ0n) is 10.5. The van der Waals surface area contributed by atoms with E-state index in [0.717, 1.165) is 10.0 Å². The molecule has 2 aromatic carbocycles. The molecule has 4 heteroatoms. The first-order valence-electron chi connectivity index (χ1n) is 5.89. The Morgan fingerprint density at radius 3 is 2.45 bits per heavy atom. The van der Waals surface area contributed by atoms with E-state index in [1.165, 1.54) is 6.08 Å². The molecule has 0 fully saturated rings. The maximum atomic E-state index is 11.7. The molecule has 0 atom stereocenters. The van der Waals surface area contributed by atoms with E-state index < -0.39 is 5.97 Å². The highest BCUT2D eigenvalue weighted by atomic mass is 79.9. The van der Waals surface area contributed by atoms with Gasteiger partial charge in [0.15, 0.2) is 6.29 Å². The number of carbonyl (C=O) groups is 2. The number of hydrogen-bond donors (Lipinski definition) is 0. The van der Waals surface area contributed by atoms with E-state index in [-0.39, 0.29) is 5.75 Å². The molecule has 0 aromatic heterocycles. The second-order valence-corrected chi connectivity index (χ2v) is 4.88. The zero-order valence-corrected chi connectivity index (χ0v) is 12.0. The summed E-state index contributed by atoms with van der Waals surface area (Å²) in [6.07, 6.45) is 3.63. The second-order valence-electron chi connectivity index (χ2n) is 3.96. The summed E-state index contributed by atoms with van der Waals surface area (Å²) in [6.45, 7) is 0. The van der Waals surface area contributed by atoms with E-state index >= 15 is 0 Å². The number of ether oxygens (including phenoxy) is 1. The summed E-state index contributed by atoms with van der Waals surface area (Å²) in [5.41, 5.74) is 1.23. The van der Waals surface area contributed by atoms with Crippen LogP contribution in [0, 0.1) is 0 Å². The number of benzene rings is 2. The van der Waals surface area contributed by atoms with Crippen molar-refractivity contribution in [3.8, 4) is 5.75 Å². The quantitative estimate of drug-likeness (QED) is 0.370. The molecule has 20 heavy (non-hydrogen) atoms. The number of para-hydroxylation sites is 1. The van der Waals surface area contributed by atoms with Crippen LogP contribution in [0.5, 0.6) is 5.75 Å². The van der Waals surface area contributed by atoms with Gasteiger partial charge in [-0.3, -0.25) is 4.79 Å². The number of rotatable bonds is 4. The fourth-order valence-corrected chi connectivity index (χ4v) is 1.82. The lowest BCUT2D eigenvalue weighted by Gasteiger charge is -2.03. The molecule has 0 saturated heterocycles. The molecule has 2 aromatic rings. The van der Waals surface area contributed by atoms with Crippen molar-refractivity contribution < 1.29 is 14.3 Å². The maximum absolute atomic E-state index is 11.7. The van der Waals surface area contributed by atoms with Crippen LogP contribution in [0.2, 0.25) is 0 Å². The molecule has 100 valence electrons. The molecule has 3 nitrogen and oxygen atoms in total. The Kier molecular flexibility index (Phi) is 4.85. The van der Waals surface area contributed by atoms with Crippen LogP contribution in [0.1, 0.15) is 15.9 Å². The number of carbonyl (C=O) groups excluding carboxylic acids is 2. The molecule has 0 spiro atoms. The summed E-state index contributed by atoms with van der Waals surface area (Å²) in [4.78, 5) is 22.5. The number of esters is 1. The number of halogens is 1. The van der Waals surface area contributed by atoms with Gasteiger partial charge in [-0.1, -0.05) is 40.2 Å². The first kappa shape index (κ1) is 14.2. The lowest BCUT2D eigenvalue weighted by Crippen LogP contribution is -2.05. The van der Waals surface area contributed by atoms with Crippen molar-refractivity contribution in [2.75, 3.05) is 0 Å². The molecule has 0 aliphatic heterocycles. The zero-order chi connectivity index (χ0) is 14.4. The van der Waals surface area contributed by atoms with E-state index in [1.54, 1.807) is 30.3 Å². The van der Waals surface area contributed by atoms with Crippen LogP contribution < -0.4 is 4.74 Å². The van der Waals surface area contributed by atoms with E-state index in [1.807, 2.05) is 24.3 Å². The smallest absolute Gasteiger partial charge is 0.336 e. The van der Waals surface area contributed by atoms with E-state index in [4.69, 9.17) is 4.74 Å². The van der Waals surface area contributed by atoms with Crippen molar-refractivity contribution >= 4 is 34.3 Å². The fourth-order valence-electron chi connectivity index (χ4n) is 1.55. The largest absolute Gasteiger partial charge is 0.423 e. The minimum Gasteiger partial charge on any atom is -0.423 e. The van der Waals surface area contributed by atoms with Gasteiger partial charge in [0.1, 0.15) is 5.75 Å². The molecule has 0 saturated carbocycles. The molecule has 2 rings (SSSR count). The van der Waals surface area contributed by atoms with Crippen LogP contribution in [-0.4, -0.2) is 12.3 Å². The summed E-state index contributed by atoms with van der Waals surface area (Å²) < 4.78 is 6.09. The average molecular weight is 331 g/mol. The molecule has 0 amide bonds. The van der Waals surface area contributed by atoms with Gasteiger partial charge in [-0.2, -0.15) is 0 Å². The number of aldehydes is 1. The van der Waals surface area contributed by atoms with E-state index in [0.29, 0.717) is 11.8 Å². The summed E-state index contributed by atoms with van der Waals surface area (Å²) >= 11 is 3.34. The van der Waals surface area contributed by atoms with E-state index in [9.17, 15) is 9.59 Å². The van der Waals surface area contributed by atoms with Crippen LogP contribution in [-0.2, 0) is 4.79 Å². The van der Waals surface area contributed by atoms with Gasteiger partial charge in [0.2, 0.25) is 0 Å². The summed E-state index contributed by atoms with van der Waals surface area (Å²) in [7, 11) is 0. The molecule has 0 heterocycles. The molecule has 0 N–H and O–H groups in total. The second kappa shape index (κ2) is 6.82. The third-order valence-corrected chi connectivity index (χ3v) is 3.07. The highest BCUT2D eigenvalue weighted by Crippen LogP contribution is 2.16. The van der Waals surface area contributed by atoms with Crippen LogP contribution in [0.25, 0.3) is 6.08 Å². The lowest BCUT2D eigenvalue weighted by atomic mass is 10.2. The fraction of sp³-hybridized carbons (Fsp3) is 0. The lowest BCUT2D eigenvalue weighted by molar-refractivity contribution is -0.128. The van der Waals surface area contributed by atoms with Crippen LogP contribution in [0.3, 0.4) is 0 Å². The highest BCUT2D eigenvalue weighted by Gasteiger charge is 2.05. The number of hydrogen-bond acceptors (Lipinski definition) is 3. The normalized spacial score (nSPS) is 10.4. The monoisotopic (exact) mass is 330 g/mol. The molecule has 0 bridgehead atoms. The van der Waals surface area contributed by atoms with Crippen LogP contribution in [0.4, 0.5) is 0 Å². The van der Waals surface area contributed by atoms with Crippen molar-refractivity contribution in [2.24, 2.45) is 0 Å². The maximum Gasteiger partial charge on any atom is 0.336 e. The molecule has 0 aliphatic rings. The van der Waals surface area contributed by atoms with Crippen LogP contribution in [0.15, 0.2) is 59.1 Å². The van der Waals surface area contributed by atoms with Gasteiger partial charge in [0.05, 0.1) is 5.56 Å². The Bertz CT molecular complexity index is 645. The topological polar surface area (TPSA) is 43.4 Å². The van der Waals surface area contributed by atoms with Gasteiger partial charge in [-0.15, -0.1) is 0 Å². The van der Waals surface area contributed by atoms with Crippen LogP contribution >= 0.6 is 15.9 Å². The Morgan fingerprint density at radius 1 is 1.05 bits per heavy atom. The van der Waals surface area contributed by atoms with Gasteiger partial charge in [0, 0.05) is 10.5 Å². The summed E-state index contributed by atoms with van der Waals surface area (Å²) in [5, 5.41) is 0. The predicted molar refractivity (Wildman–Crippen MR) is 80.6 cm³/mol. The molecular formula is C16H11BrO3. The minimum absolute atomic E-state index is 0.257. The van der Waals surface area contributed by atoms with Crippen molar-refractivity contribution in [1.82, 2.24) is 0 Å². The SMILES string of the molecule is O=Cc1ccccc1OC(=O)/C=C/c1ccc(Br)cc1. The third-order valence-electron chi connectivity index (χ3n) is 2.54. The predicted octanol–water partition coefficient (Wildman–Crippen LogP) is 3.88. The molecule has 0 aliphatic carbocycles. The van der Waals surface area contributed by atoms with Gasteiger partial charge in [-0.05, 0) is 35.9 Å². The summed E-state index contributed by atoms with van der Waals surface area (Å²) in [5.74, 6) is -0.268. The Labute approximate surface area is 125 Å². The first-order chi connectivity index (χ1) is 9.69. The Hall–Kier alpha value is -2.20. The molecular weight excluding hydrogens is 320 g/mol. The average Bonchev–Trinajstić information content (AvgIpc) is 2.47. The molecule has 0 radical (unpaired) electrons. The Morgan fingerprint density at radius 2 is 1.75 bits per heavy atom. The van der Waals surface area contributed by atoms with Gasteiger partial charge in [0.25, 0.3) is 0 Å². The standard InChI is InChI=1S/C16H11BrO3/c17-14-8-5-12(6-9-14)7-10-16(19)20-15-4-2-1-3-13(15)11-18/h1-11H/b10-7+. The minimum atomic E-state index is -0.526. The Balaban J connectivity index is 2.05. The van der Waals surface area contributed by atoms with Gasteiger partial charge >= 0.3 is 5.97 Å². The molecule has 0 unspecified atom stereocenters. The van der Waals surface area contributed by atoms with Crippen molar-refractivity contribution in [3.05, 3.63) is 70.2 Å².